The Morgan fingerprint density at radius 1 is 1.10 bits per heavy atom. The lowest BCUT2D eigenvalue weighted by Crippen LogP contribution is -2.16. The molecular formula is C23H22N6O. The molecule has 1 aliphatic carbocycles. The predicted molar refractivity (Wildman–Crippen MR) is 114 cm³/mol. The van der Waals surface area contributed by atoms with Crippen LogP contribution >= 0.6 is 0 Å². The van der Waals surface area contributed by atoms with Gasteiger partial charge in [-0.1, -0.05) is 25.1 Å². The van der Waals surface area contributed by atoms with Crippen LogP contribution in [-0.4, -0.2) is 30.5 Å². The molecule has 4 aromatic rings. The summed E-state index contributed by atoms with van der Waals surface area (Å²) in [5, 5.41) is 12.0. The van der Waals surface area contributed by atoms with Crippen LogP contribution in [0.1, 0.15) is 40.9 Å². The highest BCUT2D eigenvalue weighted by atomic mass is 16.1. The summed E-state index contributed by atoms with van der Waals surface area (Å²) in [7, 11) is 0. The van der Waals surface area contributed by atoms with Gasteiger partial charge in [-0.25, -0.2) is 14.3 Å². The minimum absolute atomic E-state index is 0.162. The number of benzene rings is 2. The fourth-order valence-corrected chi connectivity index (χ4v) is 3.74. The molecule has 2 atom stereocenters. The largest absolute Gasteiger partial charge is 0.306 e. The molecule has 1 fully saturated rings. The maximum absolute atomic E-state index is 13.1. The number of aromatic nitrogens is 5. The molecule has 1 amide bonds. The van der Waals surface area contributed by atoms with Crippen molar-refractivity contribution in [3.05, 3.63) is 84.1 Å². The molecule has 2 unspecified atom stereocenters. The van der Waals surface area contributed by atoms with E-state index in [9.17, 15) is 4.79 Å². The monoisotopic (exact) mass is 398 g/mol. The van der Waals surface area contributed by atoms with E-state index in [1.807, 2.05) is 66.2 Å². The smallest absolute Gasteiger partial charge is 0.257 e. The van der Waals surface area contributed by atoms with Crippen molar-refractivity contribution in [1.82, 2.24) is 24.5 Å². The molecule has 0 bridgehead atoms. The molecular weight excluding hydrogens is 376 g/mol. The van der Waals surface area contributed by atoms with Crippen molar-refractivity contribution >= 4 is 11.7 Å². The quantitative estimate of drug-likeness (QED) is 0.548. The molecule has 2 heterocycles. The zero-order chi connectivity index (χ0) is 20.7. The van der Waals surface area contributed by atoms with Crippen molar-refractivity contribution in [3.8, 4) is 11.4 Å². The maximum atomic E-state index is 13.1. The van der Waals surface area contributed by atoms with E-state index >= 15 is 0 Å². The second-order valence-electron chi connectivity index (χ2n) is 7.81. The summed E-state index contributed by atoms with van der Waals surface area (Å²) in [6.45, 7) is 4.14. The number of amides is 1. The van der Waals surface area contributed by atoms with Crippen LogP contribution in [0.5, 0.6) is 0 Å². The van der Waals surface area contributed by atoms with Gasteiger partial charge in [-0.2, -0.15) is 10.2 Å². The number of hydrogen-bond acceptors (Lipinski definition) is 4. The van der Waals surface area contributed by atoms with E-state index in [2.05, 4.69) is 22.3 Å². The first-order chi connectivity index (χ1) is 14.6. The van der Waals surface area contributed by atoms with E-state index in [1.54, 1.807) is 11.0 Å². The van der Waals surface area contributed by atoms with Crippen LogP contribution in [0.3, 0.4) is 0 Å². The molecule has 0 aliphatic heterocycles. The van der Waals surface area contributed by atoms with Crippen molar-refractivity contribution in [3.63, 3.8) is 0 Å². The first kappa shape index (κ1) is 18.3. The number of rotatable bonds is 5. The summed E-state index contributed by atoms with van der Waals surface area (Å²) < 4.78 is 3.49. The van der Waals surface area contributed by atoms with Gasteiger partial charge in [-0.3, -0.25) is 4.79 Å². The highest BCUT2D eigenvalue weighted by molar-refractivity contribution is 6.05. The Bertz CT molecular complexity index is 1200. The molecule has 1 aliphatic rings. The fraction of sp³-hybridized carbons (Fsp3) is 0.217. The number of para-hydroxylation sites is 1. The SMILES string of the molecule is Cc1cc(-n2cncn2)ccc1C(=O)Nc1cc(C2CC2C)nn1-c1ccccc1. The molecule has 2 aromatic carbocycles. The van der Waals surface area contributed by atoms with Gasteiger partial charge >= 0.3 is 0 Å². The third kappa shape index (κ3) is 3.39. The topological polar surface area (TPSA) is 77.6 Å². The second kappa shape index (κ2) is 7.26. The molecule has 7 nitrogen and oxygen atoms in total. The summed E-state index contributed by atoms with van der Waals surface area (Å²) in [4.78, 5) is 17.1. The highest BCUT2D eigenvalue weighted by Gasteiger charge is 2.36. The van der Waals surface area contributed by atoms with Crippen LogP contribution in [0.15, 0.2) is 67.3 Å². The van der Waals surface area contributed by atoms with Gasteiger partial charge in [-0.05, 0) is 55.2 Å². The van der Waals surface area contributed by atoms with Crippen LogP contribution in [0.4, 0.5) is 5.82 Å². The van der Waals surface area contributed by atoms with E-state index in [-0.39, 0.29) is 5.91 Å². The number of nitrogens with zero attached hydrogens (tertiary/aromatic N) is 5. The molecule has 150 valence electrons. The summed E-state index contributed by atoms with van der Waals surface area (Å²) in [5.41, 5.74) is 4.29. The fourth-order valence-electron chi connectivity index (χ4n) is 3.74. The van der Waals surface area contributed by atoms with Gasteiger partial charge < -0.3 is 5.32 Å². The summed E-state index contributed by atoms with van der Waals surface area (Å²) in [6, 6.07) is 17.5. The molecule has 1 N–H and O–H groups in total. The first-order valence-electron chi connectivity index (χ1n) is 10.0. The lowest BCUT2D eigenvalue weighted by molar-refractivity contribution is 0.102. The molecule has 5 rings (SSSR count). The lowest BCUT2D eigenvalue weighted by Gasteiger charge is -2.11. The second-order valence-corrected chi connectivity index (χ2v) is 7.81. The average molecular weight is 398 g/mol. The number of hydrogen-bond donors (Lipinski definition) is 1. The Morgan fingerprint density at radius 3 is 2.57 bits per heavy atom. The van der Waals surface area contributed by atoms with Gasteiger partial charge in [0.25, 0.3) is 5.91 Å². The van der Waals surface area contributed by atoms with Crippen LogP contribution in [0, 0.1) is 12.8 Å². The van der Waals surface area contributed by atoms with Crippen LogP contribution < -0.4 is 5.32 Å². The molecule has 0 saturated heterocycles. The normalized spacial score (nSPS) is 17.7. The molecule has 1 saturated carbocycles. The number of anilines is 1. The van der Waals surface area contributed by atoms with Gasteiger partial charge in [-0.15, -0.1) is 0 Å². The highest BCUT2D eigenvalue weighted by Crippen LogP contribution is 2.47. The van der Waals surface area contributed by atoms with E-state index in [1.165, 1.54) is 6.33 Å². The zero-order valence-corrected chi connectivity index (χ0v) is 16.9. The van der Waals surface area contributed by atoms with E-state index < -0.39 is 0 Å². The van der Waals surface area contributed by atoms with Crippen molar-refractivity contribution in [1.29, 1.82) is 0 Å². The van der Waals surface area contributed by atoms with Crippen LogP contribution in [0.25, 0.3) is 11.4 Å². The first-order valence-corrected chi connectivity index (χ1v) is 10.0. The number of aryl methyl sites for hydroxylation is 1. The van der Waals surface area contributed by atoms with Gasteiger partial charge in [0, 0.05) is 17.5 Å². The van der Waals surface area contributed by atoms with Crippen LogP contribution in [0.2, 0.25) is 0 Å². The minimum Gasteiger partial charge on any atom is -0.306 e. The molecule has 0 radical (unpaired) electrons. The van der Waals surface area contributed by atoms with E-state index in [0.717, 1.165) is 29.1 Å². The van der Waals surface area contributed by atoms with Crippen molar-refractivity contribution in [2.45, 2.75) is 26.2 Å². The standard InChI is InChI=1S/C23H22N6O/c1-15-10-18(28-14-24-13-25-28)8-9-19(15)23(30)26-22-12-21(20-11-16(20)2)27-29(22)17-6-4-3-5-7-17/h3-10,12-14,16,20H,11H2,1-2H3,(H,26,30). The Balaban J connectivity index is 1.45. The van der Waals surface area contributed by atoms with Crippen LogP contribution in [-0.2, 0) is 0 Å². The third-order valence-electron chi connectivity index (χ3n) is 5.60. The van der Waals surface area contributed by atoms with Crippen molar-refractivity contribution in [2.24, 2.45) is 5.92 Å². The maximum Gasteiger partial charge on any atom is 0.257 e. The Labute approximate surface area is 174 Å². The molecule has 30 heavy (non-hydrogen) atoms. The van der Waals surface area contributed by atoms with Gasteiger partial charge in [0.2, 0.25) is 0 Å². The van der Waals surface area contributed by atoms with Gasteiger partial charge in [0.15, 0.2) is 0 Å². The predicted octanol–water partition coefficient (Wildman–Crippen LogP) is 4.14. The van der Waals surface area contributed by atoms with Gasteiger partial charge in [0.05, 0.1) is 17.1 Å². The summed E-state index contributed by atoms with van der Waals surface area (Å²) in [5.74, 6) is 1.62. The summed E-state index contributed by atoms with van der Waals surface area (Å²) in [6.07, 6.45) is 4.26. The zero-order valence-electron chi connectivity index (χ0n) is 16.9. The van der Waals surface area contributed by atoms with E-state index in [0.29, 0.717) is 23.2 Å². The van der Waals surface area contributed by atoms with Gasteiger partial charge in [0.1, 0.15) is 18.5 Å². The number of nitrogens with one attached hydrogen (secondary N) is 1. The Morgan fingerprint density at radius 2 is 1.90 bits per heavy atom. The van der Waals surface area contributed by atoms with E-state index in [4.69, 9.17) is 5.10 Å². The average Bonchev–Trinajstić information content (AvgIpc) is 3.13. The molecule has 2 aromatic heterocycles. The molecule has 7 heteroatoms. The van der Waals surface area contributed by atoms with Crippen molar-refractivity contribution in [2.75, 3.05) is 5.32 Å². The Hall–Kier alpha value is -3.74. The third-order valence-corrected chi connectivity index (χ3v) is 5.60. The summed E-state index contributed by atoms with van der Waals surface area (Å²) >= 11 is 0. The minimum atomic E-state index is -0.162. The Kier molecular flexibility index (Phi) is 4.43. The number of carbonyl (C=O) groups is 1. The number of carbonyl (C=O) groups excluding carboxylic acids is 1. The van der Waals surface area contributed by atoms with Crippen molar-refractivity contribution < 1.29 is 4.79 Å². The molecule has 0 spiro atoms. The lowest BCUT2D eigenvalue weighted by atomic mass is 10.1.